The standard InChI is InChI=1S/C16H21NO2/c1-16(2,11-17-15(19)10-18)14-8-7-12-5-3-4-6-13(12)9-14/h7-10H,3-6,11H2,1-2H3,(H,17,19). The Kier molecular flexibility index (Phi) is 4.03. The number of nitrogens with one attached hydrogen (secondary N) is 1. The number of fused-ring (bicyclic) bond motifs is 1. The first-order valence-electron chi connectivity index (χ1n) is 6.88. The predicted octanol–water partition coefficient (Wildman–Crippen LogP) is 2.16. The molecule has 1 aliphatic carbocycles. The molecule has 0 unspecified atom stereocenters. The summed E-state index contributed by atoms with van der Waals surface area (Å²) < 4.78 is 0. The van der Waals surface area contributed by atoms with Gasteiger partial charge in [-0.1, -0.05) is 32.0 Å². The molecule has 1 N–H and O–H groups in total. The first kappa shape index (κ1) is 13.8. The number of hydrogen-bond donors (Lipinski definition) is 1. The van der Waals surface area contributed by atoms with Crippen LogP contribution in [0.5, 0.6) is 0 Å². The number of aldehydes is 1. The third-order valence-corrected chi connectivity index (χ3v) is 3.94. The van der Waals surface area contributed by atoms with Gasteiger partial charge >= 0.3 is 0 Å². The van der Waals surface area contributed by atoms with Gasteiger partial charge in [-0.3, -0.25) is 9.59 Å². The predicted molar refractivity (Wildman–Crippen MR) is 75.2 cm³/mol. The second-order valence-corrected chi connectivity index (χ2v) is 5.91. The van der Waals surface area contributed by atoms with Crippen molar-refractivity contribution in [1.29, 1.82) is 0 Å². The first-order chi connectivity index (χ1) is 9.03. The van der Waals surface area contributed by atoms with Crippen molar-refractivity contribution in [2.45, 2.75) is 44.9 Å². The number of benzene rings is 1. The van der Waals surface area contributed by atoms with E-state index in [0.29, 0.717) is 12.8 Å². The summed E-state index contributed by atoms with van der Waals surface area (Å²) in [5.74, 6) is -0.550. The Balaban J connectivity index is 2.15. The van der Waals surface area contributed by atoms with E-state index in [1.54, 1.807) is 0 Å². The molecule has 0 heterocycles. The zero-order valence-corrected chi connectivity index (χ0v) is 11.7. The van der Waals surface area contributed by atoms with Crippen LogP contribution in [0.3, 0.4) is 0 Å². The normalized spacial score (nSPS) is 14.6. The Morgan fingerprint density at radius 2 is 1.95 bits per heavy atom. The molecule has 0 saturated carbocycles. The highest BCUT2D eigenvalue weighted by atomic mass is 16.2. The van der Waals surface area contributed by atoms with Gasteiger partial charge in [0.25, 0.3) is 5.91 Å². The third-order valence-electron chi connectivity index (χ3n) is 3.94. The molecule has 0 aliphatic heterocycles. The second kappa shape index (κ2) is 5.55. The Bertz CT molecular complexity index is 492. The van der Waals surface area contributed by atoms with Crippen molar-refractivity contribution in [3.63, 3.8) is 0 Å². The number of rotatable bonds is 4. The lowest BCUT2D eigenvalue weighted by molar-refractivity contribution is -0.131. The van der Waals surface area contributed by atoms with Gasteiger partial charge in [0, 0.05) is 12.0 Å². The molecule has 0 saturated heterocycles. The molecule has 3 heteroatoms. The zero-order chi connectivity index (χ0) is 13.9. The molecule has 1 aromatic carbocycles. The van der Waals surface area contributed by atoms with Crippen LogP contribution in [-0.4, -0.2) is 18.7 Å². The summed E-state index contributed by atoms with van der Waals surface area (Å²) in [6.07, 6.45) is 5.20. The minimum atomic E-state index is -0.550. The highest BCUT2D eigenvalue weighted by Gasteiger charge is 2.22. The van der Waals surface area contributed by atoms with Crippen LogP contribution in [-0.2, 0) is 27.8 Å². The molecule has 0 radical (unpaired) electrons. The summed E-state index contributed by atoms with van der Waals surface area (Å²) in [6, 6.07) is 6.63. The van der Waals surface area contributed by atoms with E-state index in [2.05, 4.69) is 37.4 Å². The van der Waals surface area contributed by atoms with Crippen LogP contribution in [0.1, 0.15) is 43.4 Å². The fourth-order valence-electron chi connectivity index (χ4n) is 2.61. The Morgan fingerprint density at radius 3 is 2.63 bits per heavy atom. The van der Waals surface area contributed by atoms with Crippen LogP contribution in [0.25, 0.3) is 0 Å². The highest BCUT2D eigenvalue weighted by Crippen LogP contribution is 2.28. The summed E-state index contributed by atoms with van der Waals surface area (Å²) in [5, 5.41) is 2.64. The molecule has 1 aliphatic rings. The van der Waals surface area contributed by atoms with E-state index in [1.807, 2.05) is 0 Å². The molecule has 1 aromatic rings. The zero-order valence-electron chi connectivity index (χ0n) is 11.7. The maximum Gasteiger partial charge on any atom is 0.284 e. The van der Waals surface area contributed by atoms with Crippen molar-refractivity contribution in [3.05, 3.63) is 34.9 Å². The topological polar surface area (TPSA) is 46.2 Å². The summed E-state index contributed by atoms with van der Waals surface area (Å²) >= 11 is 0. The molecule has 1 amide bonds. The lowest BCUT2D eigenvalue weighted by atomic mass is 9.81. The molecule has 0 bridgehead atoms. The maximum atomic E-state index is 11.0. The van der Waals surface area contributed by atoms with E-state index >= 15 is 0 Å². The van der Waals surface area contributed by atoms with Crippen LogP contribution in [0, 0.1) is 0 Å². The van der Waals surface area contributed by atoms with Crippen LogP contribution in [0.4, 0.5) is 0 Å². The van der Waals surface area contributed by atoms with Gasteiger partial charge in [-0.05, 0) is 42.4 Å². The van der Waals surface area contributed by atoms with E-state index in [1.165, 1.54) is 36.0 Å². The van der Waals surface area contributed by atoms with Gasteiger partial charge in [-0.15, -0.1) is 0 Å². The van der Waals surface area contributed by atoms with Crippen molar-refractivity contribution in [1.82, 2.24) is 5.32 Å². The number of amides is 1. The van der Waals surface area contributed by atoms with E-state index in [-0.39, 0.29) is 5.41 Å². The molecule has 0 fully saturated rings. The second-order valence-electron chi connectivity index (χ2n) is 5.91. The molecule has 3 nitrogen and oxygen atoms in total. The number of carbonyl (C=O) groups excluding carboxylic acids is 2. The van der Waals surface area contributed by atoms with Crippen LogP contribution in [0.15, 0.2) is 18.2 Å². The monoisotopic (exact) mass is 259 g/mol. The molecular weight excluding hydrogens is 238 g/mol. The maximum absolute atomic E-state index is 11.0. The fourth-order valence-corrected chi connectivity index (χ4v) is 2.61. The van der Waals surface area contributed by atoms with Gasteiger partial charge in [0.05, 0.1) is 0 Å². The fraction of sp³-hybridized carbons (Fsp3) is 0.500. The van der Waals surface area contributed by atoms with Gasteiger partial charge in [-0.2, -0.15) is 0 Å². The summed E-state index contributed by atoms with van der Waals surface area (Å²) in [4.78, 5) is 21.4. The number of carbonyl (C=O) groups is 2. The van der Waals surface area contributed by atoms with Crippen molar-refractivity contribution in [2.75, 3.05) is 6.54 Å². The molecule has 0 spiro atoms. The lowest BCUT2D eigenvalue weighted by Crippen LogP contribution is -2.37. The summed E-state index contributed by atoms with van der Waals surface area (Å²) in [7, 11) is 0. The van der Waals surface area contributed by atoms with E-state index in [0.717, 1.165) is 6.42 Å². The minimum Gasteiger partial charge on any atom is -0.349 e. The van der Waals surface area contributed by atoms with Crippen LogP contribution in [0.2, 0.25) is 0 Å². The third kappa shape index (κ3) is 3.22. The average molecular weight is 259 g/mol. The van der Waals surface area contributed by atoms with Crippen LogP contribution < -0.4 is 5.32 Å². The summed E-state index contributed by atoms with van der Waals surface area (Å²) in [5.41, 5.74) is 3.96. The van der Waals surface area contributed by atoms with E-state index in [9.17, 15) is 9.59 Å². The largest absolute Gasteiger partial charge is 0.349 e. The smallest absolute Gasteiger partial charge is 0.284 e. The highest BCUT2D eigenvalue weighted by molar-refractivity contribution is 6.23. The molecule has 0 atom stereocenters. The van der Waals surface area contributed by atoms with Crippen molar-refractivity contribution in [3.8, 4) is 0 Å². The SMILES string of the molecule is CC(C)(CNC(=O)C=O)c1ccc2c(c1)CCCC2. The lowest BCUT2D eigenvalue weighted by Gasteiger charge is -2.27. The molecule has 19 heavy (non-hydrogen) atoms. The number of aryl methyl sites for hydroxylation is 2. The van der Waals surface area contributed by atoms with Crippen molar-refractivity contribution < 1.29 is 9.59 Å². The molecular formula is C16H21NO2. The van der Waals surface area contributed by atoms with Gasteiger partial charge in [0.2, 0.25) is 6.29 Å². The Hall–Kier alpha value is -1.64. The first-order valence-corrected chi connectivity index (χ1v) is 6.88. The van der Waals surface area contributed by atoms with Crippen molar-refractivity contribution in [2.24, 2.45) is 0 Å². The van der Waals surface area contributed by atoms with Crippen molar-refractivity contribution >= 4 is 12.2 Å². The van der Waals surface area contributed by atoms with Gasteiger partial charge in [0.15, 0.2) is 0 Å². The average Bonchev–Trinajstić information content (AvgIpc) is 2.44. The minimum absolute atomic E-state index is 0.162. The Labute approximate surface area is 114 Å². The van der Waals surface area contributed by atoms with Crippen LogP contribution >= 0.6 is 0 Å². The molecule has 0 aromatic heterocycles. The molecule has 102 valence electrons. The Morgan fingerprint density at radius 1 is 1.26 bits per heavy atom. The van der Waals surface area contributed by atoms with E-state index < -0.39 is 5.91 Å². The number of hydrogen-bond acceptors (Lipinski definition) is 2. The van der Waals surface area contributed by atoms with Gasteiger partial charge < -0.3 is 5.32 Å². The van der Waals surface area contributed by atoms with Gasteiger partial charge in [0.1, 0.15) is 0 Å². The molecule has 2 rings (SSSR count). The quantitative estimate of drug-likeness (QED) is 0.665. The summed E-state index contributed by atoms with van der Waals surface area (Å²) in [6.45, 7) is 4.65. The van der Waals surface area contributed by atoms with Gasteiger partial charge in [-0.25, -0.2) is 0 Å². The van der Waals surface area contributed by atoms with E-state index in [4.69, 9.17) is 0 Å².